The van der Waals surface area contributed by atoms with Crippen molar-refractivity contribution in [3.05, 3.63) is 0 Å². The Morgan fingerprint density at radius 3 is 2.05 bits per heavy atom. The fourth-order valence-electron chi connectivity index (χ4n) is 1.43. The minimum Gasteiger partial charge on any atom is -0.461 e. The third-order valence-electron chi connectivity index (χ3n) is 2.42. The molecule has 0 aliphatic heterocycles. The molecule has 5 nitrogen and oxygen atoms in total. The number of alkyl halides is 2. The van der Waals surface area contributed by atoms with Gasteiger partial charge in [-0.25, -0.2) is 4.79 Å². The van der Waals surface area contributed by atoms with Crippen LogP contribution in [0.2, 0.25) is 0 Å². The zero-order chi connectivity index (χ0) is 15.6. The average Bonchev–Trinajstić information content (AvgIpc) is 2.38. The van der Waals surface area contributed by atoms with Crippen LogP contribution in [-0.2, 0) is 23.1 Å². The molecule has 20 heavy (non-hydrogen) atoms. The molecule has 0 aromatic heterocycles. The van der Waals surface area contributed by atoms with Crippen molar-refractivity contribution >= 4 is 13.6 Å². The Morgan fingerprint density at radius 1 is 1.05 bits per heavy atom. The molecular formula is C12H23F2O5P. The van der Waals surface area contributed by atoms with Crippen molar-refractivity contribution in [1.29, 1.82) is 0 Å². The first kappa shape index (κ1) is 19.5. The molecule has 0 heterocycles. The predicted octanol–water partition coefficient (Wildman–Crippen LogP) is 3.97. The number of hydrogen-bond donors (Lipinski definition) is 0. The summed E-state index contributed by atoms with van der Waals surface area (Å²) in [6, 6.07) is 0. The number of carbonyl (C=O) groups excluding carboxylic acids is 1. The largest absolute Gasteiger partial charge is 0.461 e. The van der Waals surface area contributed by atoms with Crippen molar-refractivity contribution in [1.82, 2.24) is 0 Å². The van der Waals surface area contributed by atoms with Crippen LogP contribution in [0.25, 0.3) is 0 Å². The second-order valence-electron chi connectivity index (χ2n) is 4.07. The molecular weight excluding hydrogens is 293 g/mol. The van der Waals surface area contributed by atoms with Gasteiger partial charge in [-0.15, -0.1) is 0 Å². The first-order chi connectivity index (χ1) is 9.35. The van der Waals surface area contributed by atoms with E-state index in [9.17, 15) is 18.1 Å². The minimum absolute atomic E-state index is 0.132. The molecule has 0 atom stereocenters. The van der Waals surface area contributed by atoms with Crippen molar-refractivity contribution in [3.63, 3.8) is 0 Å². The molecule has 0 aromatic carbocycles. The maximum absolute atomic E-state index is 13.8. The Hall–Kier alpha value is -0.520. The molecule has 0 rings (SSSR count). The smallest absolute Gasteiger partial charge is 0.440 e. The second kappa shape index (κ2) is 9.42. The molecule has 0 bridgehead atoms. The summed E-state index contributed by atoms with van der Waals surface area (Å²) >= 11 is 0. The Morgan fingerprint density at radius 2 is 1.60 bits per heavy atom. The van der Waals surface area contributed by atoms with Gasteiger partial charge < -0.3 is 13.8 Å². The lowest BCUT2D eigenvalue weighted by atomic mass is 10.2. The first-order valence-electron chi connectivity index (χ1n) is 6.79. The fourth-order valence-corrected chi connectivity index (χ4v) is 2.80. The van der Waals surface area contributed by atoms with Gasteiger partial charge in [0.05, 0.1) is 19.8 Å². The molecule has 0 aliphatic carbocycles. The van der Waals surface area contributed by atoms with Crippen molar-refractivity contribution in [2.75, 3.05) is 19.8 Å². The Balaban J connectivity index is 4.57. The number of rotatable bonds is 11. The molecule has 0 spiro atoms. The number of halogens is 2. The quantitative estimate of drug-likeness (QED) is 0.328. The van der Waals surface area contributed by atoms with Gasteiger partial charge in [-0.2, -0.15) is 8.78 Å². The van der Waals surface area contributed by atoms with Gasteiger partial charge in [0.2, 0.25) is 0 Å². The third kappa shape index (κ3) is 5.46. The van der Waals surface area contributed by atoms with Crippen LogP contribution in [0.1, 0.15) is 46.5 Å². The van der Waals surface area contributed by atoms with E-state index >= 15 is 0 Å². The lowest BCUT2D eigenvalue weighted by Crippen LogP contribution is -2.33. The molecule has 0 saturated heterocycles. The predicted molar refractivity (Wildman–Crippen MR) is 70.9 cm³/mol. The standard InChI is InChI=1S/C12H23F2O5P/c1-4-7-8-9-10-17-11(15)12(13,14)20(16,18-5-2)19-6-3/h4-10H2,1-3H3. The minimum atomic E-state index is -4.85. The summed E-state index contributed by atoms with van der Waals surface area (Å²) in [6.45, 7) is 4.14. The summed E-state index contributed by atoms with van der Waals surface area (Å²) in [7, 11) is -4.85. The number of carbonyl (C=O) groups is 1. The highest BCUT2D eigenvalue weighted by molar-refractivity contribution is 7.56. The van der Waals surface area contributed by atoms with Crippen molar-refractivity contribution in [2.45, 2.75) is 52.1 Å². The van der Waals surface area contributed by atoms with Crippen LogP contribution in [0.4, 0.5) is 8.78 Å². The van der Waals surface area contributed by atoms with E-state index in [0.717, 1.165) is 19.3 Å². The molecule has 0 unspecified atom stereocenters. The average molecular weight is 316 g/mol. The Labute approximate surface area is 118 Å². The van der Waals surface area contributed by atoms with E-state index in [1.165, 1.54) is 13.8 Å². The molecule has 0 fully saturated rings. The summed E-state index contributed by atoms with van der Waals surface area (Å²) in [5.41, 5.74) is -4.29. The maximum atomic E-state index is 13.8. The summed E-state index contributed by atoms with van der Waals surface area (Å²) in [5.74, 6) is -1.86. The zero-order valence-electron chi connectivity index (χ0n) is 12.2. The van der Waals surface area contributed by atoms with Crippen molar-refractivity contribution < 1.29 is 31.9 Å². The number of hydrogen-bond acceptors (Lipinski definition) is 5. The zero-order valence-corrected chi connectivity index (χ0v) is 13.1. The molecule has 0 aliphatic rings. The molecule has 0 saturated carbocycles. The SMILES string of the molecule is CCCCCCOC(=O)C(F)(F)P(=O)(OCC)OCC. The van der Waals surface area contributed by atoms with Gasteiger partial charge >= 0.3 is 19.2 Å². The summed E-state index contributed by atoms with van der Waals surface area (Å²) in [4.78, 5) is 11.4. The summed E-state index contributed by atoms with van der Waals surface area (Å²) < 4.78 is 53.0. The highest BCUT2D eigenvalue weighted by atomic mass is 31.2. The Bertz CT molecular complexity index is 326. The number of esters is 1. The van der Waals surface area contributed by atoms with Gasteiger partial charge in [0.1, 0.15) is 0 Å². The lowest BCUT2D eigenvalue weighted by Gasteiger charge is -2.23. The maximum Gasteiger partial charge on any atom is 0.440 e. The second-order valence-corrected chi connectivity index (χ2v) is 6.14. The fraction of sp³-hybridized carbons (Fsp3) is 0.917. The van der Waals surface area contributed by atoms with Gasteiger partial charge in [0.15, 0.2) is 0 Å². The van der Waals surface area contributed by atoms with Crippen LogP contribution in [0, 0.1) is 0 Å². The van der Waals surface area contributed by atoms with E-state index in [0.29, 0.717) is 6.42 Å². The van der Waals surface area contributed by atoms with Gasteiger partial charge in [-0.3, -0.25) is 4.57 Å². The normalized spacial score (nSPS) is 12.4. The highest BCUT2D eigenvalue weighted by Crippen LogP contribution is 2.62. The number of ether oxygens (including phenoxy) is 1. The van der Waals surface area contributed by atoms with E-state index < -0.39 is 19.2 Å². The van der Waals surface area contributed by atoms with Gasteiger partial charge in [-0.05, 0) is 20.3 Å². The molecule has 120 valence electrons. The van der Waals surface area contributed by atoms with Gasteiger partial charge in [-0.1, -0.05) is 26.2 Å². The van der Waals surface area contributed by atoms with E-state index in [2.05, 4.69) is 13.8 Å². The molecule has 0 amide bonds. The molecule has 0 radical (unpaired) electrons. The van der Waals surface area contributed by atoms with Gasteiger partial charge in [0, 0.05) is 0 Å². The summed E-state index contributed by atoms with van der Waals surface area (Å²) in [5, 5.41) is 0. The van der Waals surface area contributed by atoms with Crippen LogP contribution in [0.5, 0.6) is 0 Å². The van der Waals surface area contributed by atoms with Crippen LogP contribution >= 0.6 is 7.60 Å². The van der Waals surface area contributed by atoms with E-state index in [1.807, 2.05) is 6.92 Å². The van der Waals surface area contributed by atoms with Crippen LogP contribution in [0.15, 0.2) is 0 Å². The topological polar surface area (TPSA) is 61.8 Å². The molecule has 8 heteroatoms. The van der Waals surface area contributed by atoms with E-state index in [1.54, 1.807) is 0 Å². The highest BCUT2D eigenvalue weighted by Gasteiger charge is 2.61. The lowest BCUT2D eigenvalue weighted by molar-refractivity contribution is -0.163. The molecule has 0 N–H and O–H groups in total. The number of unbranched alkanes of at least 4 members (excludes halogenated alkanes) is 3. The first-order valence-corrected chi connectivity index (χ1v) is 8.34. The third-order valence-corrected chi connectivity index (χ3v) is 4.49. The van der Waals surface area contributed by atoms with E-state index in [-0.39, 0.29) is 19.8 Å². The monoisotopic (exact) mass is 316 g/mol. The van der Waals surface area contributed by atoms with Crippen LogP contribution in [0.3, 0.4) is 0 Å². The van der Waals surface area contributed by atoms with Gasteiger partial charge in [0.25, 0.3) is 0 Å². The molecule has 0 aromatic rings. The van der Waals surface area contributed by atoms with Crippen molar-refractivity contribution in [3.8, 4) is 0 Å². The van der Waals surface area contributed by atoms with Crippen molar-refractivity contribution in [2.24, 2.45) is 0 Å². The van der Waals surface area contributed by atoms with Crippen LogP contribution < -0.4 is 0 Å². The Kier molecular flexibility index (Phi) is 9.18. The van der Waals surface area contributed by atoms with E-state index in [4.69, 9.17) is 0 Å². The van der Waals surface area contributed by atoms with Crippen LogP contribution in [-0.4, -0.2) is 31.5 Å². The summed E-state index contributed by atoms with van der Waals surface area (Å²) in [6.07, 6.45) is 3.19.